The van der Waals surface area contributed by atoms with Crippen LogP contribution in [0.3, 0.4) is 0 Å². The third kappa shape index (κ3) is 4.84. The van der Waals surface area contributed by atoms with Crippen LogP contribution in [-0.4, -0.2) is 23.0 Å². The Kier molecular flexibility index (Phi) is 8.06. The van der Waals surface area contributed by atoms with E-state index >= 15 is 0 Å². The number of allylic oxidation sites excluding steroid dienone is 9. The van der Waals surface area contributed by atoms with Crippen LogP contribution in [0.1, 0.15) is 148 Å². The highest BCUT2D eigenvalue weighted by atomic mass is 15.3. The maximum absolute atomic E-state index is 3.33. The van der Waals surface area contributed by atoms with Gasteiger partial charge >= 0.3 is 0 Å². The van der Waals surface area contributed by atoms with Gasteiger partial charge < -0.3 is 0 Å². The highest BCUT2D eigenvalue weighted by Crippen LogP contribution is 2.70. The first-order valence-corrected chi connectivity index (χ1v) is 22.6. The zero-order valence-electron chi connectivity index (χ0n) is 30.8. The van der Waals surface area contributed by atoms with Crippen LogP contribution in [-0.2, 0) is 0 Å². The van der Waals surface area contributed by atoms with Gasteiger partial charge in [0.05, 0.1) is 0 Å². The van der Waals surface area contributed by atoms with Crippen LogP contribution in [0.5, 0.6) is 0 Å². The quantitative estimate of drug-likeness (QED) is 0.273. The smallest absolute Gasteiger partial charge is 0.0142 e. The summed E-state index contributed by atoms with van der Waals surface area (Å²) in [5, 5.41) is 0. The first kappa shape index (κ1) is 31.2. The lowest BCUT2D eigenvalue weighted by Gasteiger charge is -2.54. The normalized spacial score (nSPS) is 50.3. The lowest BCUT2D eigenvalue weighted by atomic mass is 9.52. The van der Waals surface area contributed by atoms with Crippen LogP contribution in [0.2, 0.25) is 0 Å². The van der Waals surface area contributed by atoms with E-state index < -0.39 is 0 Å². The number of hydrogen-bond donors (Lipinski definition) is 0. The van der Waals surface area contributed by atoms with Gasteiger partial charge in [0.15, 0.2) is 0 Å². The summed E-state index contributed by atoms with van der Waals surface area (Å²) < 4.78 is 0. The SMILES string of the molecule is C1=CC(C2C3=C(CC(N4C5CCCCC5C5CCCCC54)CC3)C(C3C=CCCC3)C3C4CC5C=CCCC5C5=C4C(CCC5)C23)CCC1. The number of nitrogens with zero attached hydrogens (tertiary/aromatic N) is 1. The Labute approximate surface area is 299 Å². The van der Waals surface area contributed by atoms with Gasteiger partial charge in [0.25, 0.3) is 0 Å². The molecule has 11 aliphatic rings. The minimum Gasteiger partial charge on any atom is -0.294 e. The molecule has 11 rings (SSSR count). The van der Waals surface area contributed by atoms with Gasteiger partial charge in [-0.1, -0.05) is 84.4 Å². The van der Waals surface area contributed by atoms with Crippen LogP contribution in [0.15, 0.2) is 58.7 Å². The zero-order valence-corrected chi connectivity index (χ0v) is 30.8. The van der Waals surface area contributed by atoms with Gasteiger partial charge in [0, 0.05) is 18.1 Å². The van der Waals surface area contributed by atoms with Crippen LogP contribution in [0, 0.1) is 71.0 Å². The Morgan fingerprint density at radius 1 is 0.469 bits per heavy atom. The lowest BCUT2D eigenvalue weighted by Crippen LogP contribution is -2.51. The topological polar surface area (TPSA) is 3.24 Å². The summed E-state index contributed by atoms with van der Waals surface area (Å²) in [6.45, 7) is 0. The number of fused-ring (bicyclic) bond motifs is 8. The third-order valence-electron chi connectivity index (χ3n) is 18.1. The summed E-state index contributed by atoms with van der Waals surface area (Å²) in [4.78, 5) is 3.33. The molecule has 0 amide bonds. The van der Waals surface area contributed by atoms with Crippen molar-refractivity contribution in [2.75, 3.05) is 0 Å². The van der Waals surface area contributed by atoms with Crippen molar-refractivity contribution in [2.24, 2.45) is 71.0 Å². The van der Waals surface area contributed by atoms with Gasteiger partial charge in [-0.2, -0.15) is 0 Å². The van der Waals surface area contributed by atoms with Crippen LogP contribution >= 0.6 is 0 Å². The van der Waals surface area contributed by atoms with Crippen molar-refractivity contribution in [1.29, 1.82) is 0 Å². The number of likely N-dealkylation sites (tertiary alicyclic amines) is 1. The molecule has 0 aromatic carbocycles. The molecule has 1 nitrogen and oxygen atoms in total. The Morgan fingerprint density at radius 3 is 1.84 bits per heavy atom. The monoisotopic (exact) mass is 658 g/mol. The van der Waals surface area contributed by atoms with Crippen molar-refractivity contribution in [3.63, 3.8) is 0 Å². The predicted octanol–water partition coefficient (Wildman–Crippen LogP) is 12.2. The first-order valence-electron chi connectivity index (χ1n) is 22.6. The summed E-state index contributed by atoms with van der Waals surface area (Å²) in [7, 11) is 0. The molecule has 15 atom stereocenters. The standard InChI is InChI=1S/C48H67N/c1-3-14-30(15-4-1)44-38-27-26-33(49-42-24-11-9-20-35(42)36-21-10-12-25-43(36)49)29-40(38)45(31-16-5-2-6-17-31)48-41-28-32-18-7-8-19-34(32)37-22-13-23-39(46(37)41)47(44)48/h3,5,7,14,16,18,30-36,39,41-45,47-48H,1-2,4,6,8-13,15,17,19-29H2. The predicted molar refractivity (Wildman–Crippen MR) is 203 cm³/mol. The molecule has 0 N–H and O–H groups in total. The first-order chi connectivity index (χ1) is 24.3. The molecule has 1 heteroatoms. The van der Waals surface area contributed by atoms with Crippen molar-refractivity contribution in [2.45, 2.75) is 166 Å². The summed E-state index contributed by atoms with van der Waals surface area (Å²) >= 11 is 0. The van der Waals surface area contributed by atoms with Crippen molar-refractivity contribution >= 4 is 0 Å². The highest BCUT2D eigenvalue weighted by Gasteiger charge is 2.62. The Morgan fingerprint density at radius 2 is 1.12 bits per heavy atom. The molecule has 1 aliphatic heterocycles. The summed E-state index contributed by atoms with van der Waals surface area (Å²) in [5.74, 6) is 10.8. The highest BCUT2D eigenvalue weighted by molar-refractivity contribution is 5.43. The van der Waals surface area contributed by atoms with Crippen LogP contribution < -0.4 is 0 Å². The van der Waals surface area contributed by atoms with Crippen molar-refractivity contribution in [3.05, 3.63) is 58.7 Å². The minimum atomic E-state index is 0.806. The van der Waals surface area contributed by atoms with Crippen LogP contribution in [0.25, 0.3) is 0 Å². The molecular weight excluding hydrogens is 591 g/mol. The molecule has 49 heavy (non-hydrogen) atoms. The van der Waals surface area contributed by atoms with E-state index in [1.165, 1.54) is 135 Å². The molecule has 0 bridgehead atoms. The zero-order chi connectivity index (χ0) is 32.1. The van der Waals surface area contributed by atoms with Crippen LogP contribution in [0.4, 0.5) is 0 Å². The maximum Gasteiger partial charge on any atom is 0.0142 e. The molecule has 4 fully saturated rings. The fourth-order valence-electron chi connectivity index (χ4n) is 16.8. The van der Waals surface area contributed by atoms with Gasteiger partial charge in [-0.3, -0.25) is 4.90 Å². The van der Waals surface area contributed by atoms with Gasteiger partial charge in [0.2, 0.25) is 0 Å². The van der Waals surface area contributed by atoms with E-state index in [4.69, 9.17) is 0 Å². The molecule has 0 radical (unpaired) electrons. The second kappa shape index (κ2) is 12.7. The molecule has 3 saturated carbocycles. The summed E-state index contributed by atoms with van der Waals surface area (Å²) in [5.41, 5.74) is 8.36. The van der Waals surface area contributed by atoms with Gasteiger partial charge in [-0.05, 0) is 193 Å². The molecule has 0 spiro atoms. The fraction of sp³-hybridized carbons (Fsp3) is 0.792. The van der Waals surface area contributed by atoms with Gasteiger partial charge in [0.1, 0.15) is 0 Å². The summed E-state index contributed by atoms with van der Waals surface area (Å²) in [6, 6.07) is 2.68. The van der Waals surface area contributed by atoms with Gasteiger partial charge in [-0.25, -0.2) is 0 Å². The Hall–Kier alpha value is -1.34. The summed E-state index contributed by atoms with van der Waals surface area (Å²) in [6.07, 6.45) is 50.0. The van der Waals surface area contributed by atoms with Gasteiger partial charge in [-0.15, -0.1) is 0 Å². The second-order valence-electron chi connectivity index (χ2n) is 19.8. The van der Waals surface area contributed by atoms with E-state index in [-0.39, 0.29) is 0 Å². The second-order valence-corrected chi connectivity index (χ2v) is 19.8. The fourth-order valence-corrected chi connectivity index (χ4v) is 16.8. The van der Waals surface area contributed by atoms with E-state index in [0.717, 1.165) is 89.1 Å². The third-order valence-corrected chi connectivity index (χ3v) is 18.1. The average Bonchev–Trinajstić information content (AvgIpc) is 3.68. The van der Waals surface area contributed by atoms with Crippen molar-refractivity contribution in [3.8, 4) is 0 Å². The van der Waals surface area contributed by atoms with E-state index in [2.05, 4.69) is 58.1 Å². The molecule has 10 aliphatic carbocycles. The molecule has 0 aromatic heterocycles. The number of rotatable bonds is 3. The molecule has 0 aromatic rings. The van der Waals surface area contributed by atoms with Crippen molar-refractivity contribution < 1.29 is 0 Å². The van der Waals surface area contributed by atoms with E-state index in [1.54, 1.807) is 12.8 Å². The van der Waals surface area contributed by atoms with E-state index in [9.17, 15) is 0 Å². The maximum atomic E-state index is 3.33. The average molecular weight is 658 g/mol. The molecular formula is C48H67N. The largest absolute Gasteiger partial charge is 0.294 e. The molecule has 1 saturated heterocycles. The lowest BCUT2D eigenvalue weighted by molar-refractivity contribution is 0.0446. The Balaban J connectivity index is 1.05. The van der Waals surface area contributed by atoms with E-state index in [0.29, 0.717) is 0 Å². The molecule has 15 unspecified atom stereocenters. The van der Waals surface area contributed by atoms with Crippen molar-refractivity contribution in [1.82, 2.24) is 4.90 Å². The Bertz CT molecular complexity index is 1420. The van der Waals surface area contributed by atoms with E-state index in [1.807, 2.05) is 5.57 Å². The number of hydrogen-bond acceptors (Lipinski definition) is 1. The minimum absolute atomic E-state index is 0.806. The molecule has 264 valence electrons. The molecule has 1 heterocycles.